The summed E-state index contributed by atoms with van der Waals surface area (Å²) < 4.78 is 13.9. The molecule has 0 radical (unpaired) electrons. The van der Waals surface area contributed by atoms with Crippen LogP contribution in [0.4, 0.5) is 0 Å². The maximum atomic E-state index is 12.3. The van der Waals surface area contributed by atoms with Crippen LogP contribution in [0.3, 0.4) is 0 Å². The summed E-state index contributed by atoms with van der Waals surface area (Å²) in [4.78, 5) is 12.3. The number of benzene rings is 2. The number of hydrogen-bond acceptors (Lipinski definition) is 5. The third-order valence-corrected chi connectivity index (χ3v) is 6.22. The monoisotopic (exact) mass is 518 g/mol. The minimum atomic E-state index is -0.266. The zero-order chi connectivity index (χ0) is 23.3. The van der Waals surface area contributed by atoms with E-state index in [9.17, 15) is 4.79 Å². The van der Waals surface area contributed by atoms with Gasteiger partial charge in [-0.2, -0.15) is 10.2 Å². The summed E-state index contributed by atoms with van der Waals surface area (Å²) in [6, 6.07) is 13.0. The molecule has 1 aromatic heterocycles. The number of halogens is 2. The fourth-order valence-electron chi connectivity index (χ4n) is 2.96. The van der Waals surface area contributed by atoms with Crippen molar-refractivity contribution in [3.05, 3.63) is 74.5 Å². The Morgan fingerprint density at radius 2 is 1.91 bits per heavy atom. The largest absolute Gasteiger partial charge is 0.493 e. The first-order valence-electron chi connectivity index (χ1n) is 9.86. The molecule has 0 bridgehead atoms. The number of aryl methyl sites for hydroxylation is 1. The molecule has 0 saturated carbocycles. The predicted molar refractivity (Wildman–Crippen MR) is 129 cm³/mol. The second-order valence-corrected chi connectivity index (χ2v) is 8.38. The van der Waals surface area contributed by atoms with Crippen LogP contribution in [0.2, 0.25) is 5.02 Å². The van der Waals surface area contributed by atoms with Gasteiger partial charge in [0.1, 0.15) is 13.2 Å². The molecule has 3 rings (SSSR count). The minimum absolute atomic E-state index is 0.0792. The summed E-state index contributed by atoms with van der Waals surface area (Å²) in [7, 11) is 1.58. The summed E-state index contributed by atoms with van der Waals surface area (Å²) in [5.74, 6) is 0.917. The van der Waals surface area contributed by atoms with E-state index in [0.717, 1.165) is 27.0 Å². The van der Waals surface area contributed by atoms with Crippen LogP contribution in [-0.4, -0.2) is 28.5 Å². The zero-order valence-electron chi connectivity index (χ0n) is 18.3. The van der Waals surface area contributed by atoms with E-state index in [0.29, 0.717) is 28.8 Å². The van der Waals surface area contributed by atoms with Crippen molar-refractivity contribution in [1.29, 1.82) is 0 Å². The van der Waals surface area contributed by atoms with E-state index < -0.39 is 0 Å². The smallest absolute Gasteiger partial charge is 0.261 e. The van der Waals surface area contributed by atoms with E-state index in [1.54, 1.807) is 11.8 Å². The molecule has 0 unspecified atom stereocenters. The lowest BCUT2D eigenvalue weighted by Gasteiger charge is -2.12. The molecule has 1 amide bonds. The summed E-state index contributed by atoms with van der Waals surface area (Å²) in [5.41, 5.74) is 6.73. The SMILES string of the molecule is COc1cc(C(C)=NNC(=O)Cn2nc(C)c(Br)c2C)ccc1OCc1ccc(Cl)cc1. The Hall–Kier alpha value is -2.84. The van der Waals surface area contributed by atoms with Crippen molar-refractivity contribution in [2.24, 2.45) is 5.10 Å². The normalized spacial score (nSPS) is 11.4. The van der Waals surface area contributed by atoms with E-state index in [2.05, 4.69) is 31.6 Å². The van der Waals surface area contributed by atoms with Crippen LogP contribution < -0.4 is 14.9 Å². The average molecular weight is 520 g/mol. The van der Waals surface area contributed by atoms with Crippen molar-refractivity contribution < 1.29 is 14.3 Å². The van der Waals surface area contributed by atoms with Crippen molar-refractivity contribution in [1.82, 2.24) is 15.2 Å². The predicted octanol–water partition coefficient (Wildman–Crippen LogP) is 5.04. The third kappa shape index (κ3) is 5.89. The lowest BCUT2D eigenvalue weighted by Crippen LogP contribution is -2.25. The molecule has 32 heavy (non-hydrogen) atoms. The number of carbonyl (C=O) groups excluding carboxylic acids is 1. The summed E-state index contributed by atoms with van der Waals surface area (Å²) >= 11 is 9.38. The van der Waals surface area contributed by atoms with Gasteiger partial charge in [0.2, 0.25) is 0 Å². The molecule has 0 aliphatic heterocycles. The van der Waals surface area contributed by atoms with Crippen LogP contribution in [0.1, 0.15) is 29.4 Å². The average Bonchev–Trinajstić information content (AvgIpc) is 3.03. The quantitative estimate of drug-likeness (QED) is 0.334. The van der Waals surface area contributed by atoms with Crippen molar-refractivity contribution in [2.75, 3.05) is 7.11 Å². The highest BCUT2D eigenvalue weighted by molar-refractivity contribution is 9.10. The molecular weight excluding hydrogens is 496 g/mol. The Morgan fingerprint density at radius 3 is 2.53 bits per heavy atom. The van der Waals surface area contributed by atoms with E-state index >= 15 is 0 Å². The molecule has 0 saturated heterocycles. The number of hydrazone groups is 1. The highest BCUT2D eigenvalue weighted by atomic mass is 79.9. The molecule has 1 heterocycles. The Morgan fingerprint density at radius 1 is 1.19 bits per heavy atom. The van der Waals surface area contributed by atoms with Gasteiger partial charge >= 0.3 is 0 Å². The number of nitrogens with one attached hydrogen (secondary N) is 1. The number of ether oxygens (including phenoxy) is 2. The molecule has 0 spiro atoms. The topological polar surface area (TPSA) is 77.7 Å². The highest BCUT2D eigenvalue weighted by Crippen LogP contribution is 2.29. The third-order valence-electron chi connectivity index (χ3n) is 4.82. The van der Waals surface area contributed by atoms with Crippen molar-refractivity contribution in [2.45, 2.75) is 33.9 Å². The van der Waals surface area contributed by atoms with Gasteiger partial charge in [-0.25, -0.2) is 5.43 Å². The van der Waals surface area contributed by atoms with Gasteiger partial charge in [0.15, 0.2) is 11.5 Å². The number of aromatic nitrogens is 2. The van der Waals surface area contributed by atoms with E-state index in [1.165, 1.54) is 0 Å². The van der Waals surface area contributed by atoms with Crippen molar-refractivity contribution in [3.63, 3.8) is 0 Å². The molecule has 0 fully saturated rings. The Kier molecular flexibility index (Phi) is 7.93. The fourth-order valence-corrected chi connectivity index (χ4v) is 3.37. The van der Waals surface area contributed by atoms with Crippen LogP contribution >= 0.6 is 27.5 Å². The van der Waals surface area contributed by atoms with Crippen LogP contribution in [-0.2, 0) is 17.9 Å². The van der Waals surface area contributed by atoms with Gasteiger partial charge in [0.25, 0.3) is 5.91 Å². The van der Waals surface area contributed by atoms with Crippen LogP contribution in [0.5, 0.6) is 11.5 Å². The second kappa shape index (κ2) is 10.7. The number of carbonyl (C=O) groups is 1. The molecular formula is C23H24BrClN4O3. The summed E-state index contributed by atoms with van der Waals surface area (Å²) in [6.07, 6.45) is 0. The Labute approximate surface area is 200 Å². The lowest BCUT2D eigenvalue weighted by molar-refractivity contribution is -0.121. The lowest BCUT2D eigenvalue weighted by atomic mass is 10.1. The summed E-state index contributed by atoms with van der Waals surface area (Å²) in [5, 5.41) is 9.23. The van der Waals surface area contributed by atoms with Gasteiger partial charge in [0, 0.05) is 10.6 Å². The number of nitrogens with zero attached hydrogens (tertiary/aromatic N) is 3. The van der Waals surface area contributed by atoms with Crippen LogP contribution in [0.25, 0.3) is 0 Å². The maximum Gasteiger partial charge on any atom is 0.261 e. The Balaban J connectivity index is 1.64. The number of hydrogen-bond donors (Lipinski definition) is 1. The van der Waals surface area contributed by atoms with Crippen molar-refractivity contribution in [3.8, 4) is 11.5 Å². The van der Waals surface area contributed by atoms with Crippen LogP contribution in [0.15, 0.2) is 52.0 Å². The van der Waals surface area contributed by atoms with Crippen LogP contribution in [0, 0.1) is 13.8 Å². The molecule has 7 nitrogen and oxygen atoms in total. The maximum absolute atomic E-state index is 12.3. The molecule has 0 aliphatic rings. The molecule has 168 valence electrons. The Bertz CT molecular complexity index is 1140. The zero-order valence-corrected chi connectivity index (χ0v) is 20.6. The molecule has 1 N–H and O–H groups in total. The highest BCUT2D eigenvalue weighted by Gasteiger charge is 2.12. The number of rotatable bonds is 8. The first kappa shape index (κ1) is 23.8. The molecule has 0 atom stereocenters. The van der Waals surface area contributed by atoms with E-state index in [1.807, 2.05) is 63.2 Å². The van der Waals surface area contributed by atoms with Gasteiger partial charge in [-0.3, -0.25) is 9.48 Å². The number of amides is 1. The standard InChI is InChI=1S/C23H24BrClN4O3/c1-14(26-27-22(30)12-29-16(3)23(24)15(2)28-29)18-7-10-20(21(11-18)31-4)32-13-17-5-8-19(25)9-6-17/h5-11H,12-13H2,1-4H3,(H,27,30). The molecule has 2 aromatic carbocycles. The minimum Gasteiger partial charge on any atom is -0.493 e. The fraction of sp³-hybridized carbons (Fsp3) is 0.261. The summed E-state index contributed by atoms with van der Waals surface area (Å²) in [6.45, 7) is 6.05. The van der Waals surface area contributed by atoms with Gasteiger partial charge in [-0.1, -0.05) is 23.7 Å². The van der Waals surface area contributed by atoms with Gasteiger partial charge in [0.05, 0.1) is 28.7 Å². The van der Waals surface area contributed by atoms with Gasteiger partial charge < -0.3 is 9.47 Å². The van der Waals surface area contributed by atoms with Gasteiger partial charge in [-0.15, -0.1) is 0 Å². The first-order chi connectivity index (χ1) is 15.3. The van der Waals surface area contributed by atoms with Gasteiger partial charge in [-0.05, 0) is 72.6 Å². The molecule has 0 aliphatic carbocycles. The van der Waals surface area contributed by atoms with E-state index in [4.69, 9.17) is 21.1 Å². The van der Waals surface area contributed by atoms with Crippen molar-refractivity contribution >= 4 is 39.1 Å². The number of methoxy groups -OCH3 is 1. The molecule has 3 aromatic rings. The first-order valence-corrected chi connectivity index (χ1v) is 11.0. The van der Waals surface area contributed by atoms with E-state index in [-0.39, 0.29) is 12.5 Å². The second-order valence-electron chi connectivity index (χ2n) is 7.16. The molecule has 9 heteroatoms.